The predicted octanol–water partition coefficient (Wildman–Crippen LogP) is 2.23. The minimum absolute atomic E-state index is 0.274. The summed E-state index contributed by atoms with van der Waals surface area (Å²) in [6.07, 6.45) is 1.04. The van der Waals surface area contributed by atoms with Crippen molar-refractivity contribution in [3.8, 4) is 0 Å². The van der Waals surface area contributed by atoms with Gasteiger partial charge >= 0.3 is 0 Å². The van der Waals surface area contributed by atoms with E-state index in [1.807, 2.05) is 13.0 Å². The van der Waals surface area contributed by atoms with Crippen LogP contribution < -0.4 is 5.73 Å². The highest BCUT2D eigenvalue weighted by Gasteiger charge is 2.21. The lowest BCUT2D eigenvalue weighted by molar-refractivity contribution is 0.326. The summed E-state index contributed by atoms with van der Waals surface area (Å²) in [5.41, 5.74) is 7.61. The van der Waals surface area contributed by atoms with Crippen molar-refractivity contribution in [3.63, 3.8) is 0 Å². The number of likely N-dealkylation sites (tertiary alicyclic amines) is 1. The van der Waals surface area contributed by atoms with Crippen LogP contribution in [0.3, 0.4) is 0 Å². The summed E-state index contributed by atoms with van der Waals surface area (Å²) in [6, 6.07) is 2.12. The second-order valence-electron chi connectivity index (χ2n) is 4.30. The molecule has 0 amide bonds. The zero-order valence-corrected chi connectivity index (χ0v) is 10.7. The number of nitrogens with zero attached hydrogens (tertiary/aromatic N) is 2. The molecule has 2 rings (SSSR count). The number of halogens is 2. The van der Waals surface area contributed by atoms with Crippen LogP contribution in [0.25, 0.3) is 0 Å². The molecule has 0 spiro atoms. The van der Waals surface area contributed by atoms with Crippen molar-refractivity contribution >= 4 is 23.2 Å². The molecule has 0 bridgehead atoms. The van der Waals surface area contributed by atoms with E-state index >= 15 is 0 Å². The Hall–Kier alpha value is -0.350. The lowest BCUT2D eigenvalue weighted by atomic mass is 10.2. The molecule has 3 nitrogen and oxygen atoms in total. The maximum absolute atomic E-state index is 6.17. The summed E-state index contributed by atoms with van der Waals surface area (Å²) in [5, 5.41) is 1.20. The number of hydrogen-bond donors (Lipinski definition) is 1. The molecule has 0 aliphatic carbocycles. The molecule has 2 N–H and O–H groups in total. The summed E-state index contributed by atoms with van der Waals surface area (Å²) < 4.78 is 0. The molecule has 88 valence electrons. The predicted molar refractivity (Wildman–Crippen MR) is 66.9 cm³/mol. The molecular weight excluding hydrogens is 245 g/mol. The van der Waals surface area contributed by atoms with Gasteiger partial charge < -0.3 is 5.73 Å². The van der Waals surface area contributed by atoms with Crippen LogP contribution in [0.4, 0.5) is 0 Å². The molecule has 2 heterocycles. The summed E-state index contributed by atoms with van der Waals surface area (Å²) in [6.45, 7) is 4.52. The quantitative estimate of drug-likeness (QED) is 0.829. The van der Waals surface area contributed by atoms with Gasteiger partial charge in [-0.2, -0.15) is 0 Å². The van der Waals surface area contributed by atoms with E-state index in [4.69, 9.17) is 28.9 Å². The standard InChI is InChI=1S/C11H15Cl2N3/c1-7-4-10(12)9(11(13)15-7)6-16-3-2-8(14)5-16/h4,8H,2-3,5-6,14H2,1H3/t8-/m0/s1. The zero-order valence-electron chi connectivity index (χ0n) is 9.21. The largest absolute Gasteiger partial charge is 0.326 e. The van der Waals surface area contributed by atoms with E-state index < -0.39 is 0 Å². The van der Waals surface area contributed by atoms with Gasteiger partial charge in [0.2, 0.25) is 0 Å². The van der Waals surface area contributed by atoms with Crippen molar-refractivity contribution in [1.29, 1.82) is 0 Å². The Kier molecular flexibility index (Phi) is 3.70. The van der Waals surface area contributed by atoms with Gasteiger partial charge in [0.1, 0.15) is 5.15 Å². The molecule has 0 radical (unpaired) electrons. The second-order valence-corrected chi connectivity index (χ2v) is 5.06. The topological polar surface area (TPSA) is 42.1 Å². The first-order valence-corrected chi connectivity index (χ1v) is 6.11. The first kappa shape index (κ1) is 12.1. The van der Waals surface area contributed by atoms with Crippen LogP contribution in [0.5, 0.6) is 0 Å². The van der Waals surface area contributed by atoms with Gasteiger partial charge in [0.25, 0.3) is 0 Å². The summed E-state index contributed by atoms with van der Waals surface area (Å²) in [4.78, 5) is 6.48. The Balaban J connectivity index is 2.15. The molecule has 1 aliphatic heterocycles. The summed E-state index contributed by atoms with van der Waals surface area (Å²) in [7, 11) is 0. The van der Waals surface area contributed by atoms with Gasteiger partial charge in [-0.15, -0.1) is 0 Å². The van der Waals surface area contributed by atoms with Gasteiger partial charge in [-0.05, 0) is 19.4 Å². The number of aryl methyl sites for hydroxylation is 1. The van der Waals surface area contributed by atoms with Crippen LogP contribution in [0, 0.1) is 6.92 Å². The molecule has 5 heteroatoms. The number of rotatable bonds is 2. The summed E-state index contributed by atoms with van der Waals surface area (Å²) >= 11 is 12.3. The Labute approximate surface area is 106 Å². The zero-order chi connectivity index (χ0) is 11.7. The lowest BCUT2D eigenvalue weighted by Gasteiger charge is -2.17. The highest BCUT2D eigenvalue weighted by Crippen LogP contribution is 2.26. The smallest absolute Gasteiger partial charge is 0.135 e. The molecule has 1 aromatic heterocycles. The fourth-order valence-electron chi connectivity index (χ4n) is 1.99. The highest BCUT2D eigenvalue weighted by atomic mass is 35.5. The van der Waals surface area contributed by atoms with Crippen molar-refractivity contribution in [1.82, 2.24) is 9.88 Å². The molecule has 0 saturated carbocycles. The van der Waals surface area contributed by atoms with E-state index in [9.17, 15) is 0 Å². The normalized spacial score (nSPS) is 21.6. The second kappa shape index (κ2) is 4.88. The maximum Gasteiger partial charge on any atom is 0.135 e. The Bertz CT molecular complexity index is 372. The van der Waals surface area contributed by atoms with Crippen molar-refractivity contribution in [2.75, 3.05) is 13.1 Å². The molecule has 1 atom stereocenters. The van der Waals surface area contributed by atoms with E-state index in [2.05, 4.69) is 9.88 Å². The van der Waals surface area contributed by atoms with Gasteiger partial charge in [-0.3, -0.25) is 4.90 Å². The molecule has 1 saturated heterocycles. The van der Waals surface area contributed by atoms with Gasteiger partial charge in [0.05, 0.1) is 0 Å². The Morgan fingerprint density at radius 3 is 2.88 bits per heavy atom. The van der Waals surface area contributed by atoms with Crippen molar-refractivity contribution in [2.45, 2.75) is 25.9 Å². The molecule has 1 fully saturated rings. The Morgan fingerprint density at radius 2 is 2.31 bits per heavy atom. The Morgan fingerprint density at radius 1 is 1.56 bits per heavy atom. The number of hydrogen-bond acceptors (Lipinski definition) is 3. The summed E-state index contributed by atoms with van der Waals surface area (Å²) in [5.74, 6) is 0. The van der Waals surface area contributed by atoms with Crippen LogP contribution in [0.1, 0.15) is 17.7 Å². The first-order valence-electron chi connectivity index (χ1n) is 5.35. The fourth-order valence-corrected chi connectivity index (χ4v) is 2.64. The molecule has 1 aliphatic rings. The number of nitrogens with two attached hydrogens (primary N) is 1. The minimum Gasteiger partial charge on any atom is -0.326 e. The van der Waals surface area contributed by atoms with Crippen LogP contribution in [-0.4, -0.2) is 29.0 Å². The molecule has 16 heavy (non-hydrogen) atoms. The van der Waals surface area contributed by atoms with Crippen LogP contribution >= 0.6 is 23.2 Å². The van der Waals surface area contributed by atoms with E-state index in [0.717, 1.165) is 37.3 Å². The van der Waals surface area contributed by atoms with Gasteiger partial charge in [0.15, 0.2) is 0 Å². The highest BCUT2D eigenvalue weighted by molar-refractivity contribution is 6.35. The molecule has 0 aromatic carbocycles. The van der Waals surface area contributed by atoms with Crippen molar-refractivity contribution < 1.29 is 0 Å². The SMILES string of the molecule is Cc1cc(Cl)c(CN2CC[C@H](N)C2)c(Cl)n1. The molecule has 1 aromatic rings. The third-order valence-electron chi connectivity index (χ3n) is 2.84. The average molecular weight is 260 g/mol. The van der Waals surface area contributed by atoms with Gasteiger partial charge in [-0.1, -0.05) is 23.2 Å². The van der Waals surface area contributed by atoms with Gasteiger partial charge in [-0.25, -0.2) is 4.98 Å². The monoisotopic (exact) mass is 259 g/mol. The third-order valence-corrected chi connectivity index (χ3v) is 3.49. The first-order chi connectivity index (χ1) is 7.56. The van der Waals surface area contributed by atoms with Crippen LogP contribution in [-0.2, 0) is 6.54 Å². The number of pyridine rings is 1. The number of aromatic nitrogens is 1. The van der Waals surface area contributed by atoms with Crippen LogP contribution in [0.2, 0.25) is 10.2 Å². The van der Waals surface area contributed by atoms with Crippen molar-refractivity contribution in [2.24, 2.45) is 5.73 Å². The molecular formula is C11H15Cl2N3. The molecule has 0 unspecified atom stereocenters. The van der Waals surface area contributed by atoms with Gasteiger partial charge in [0, 0.05) is 42.0 Å². The third kappa shape index (κ3) is 2.66. The average Bonchev–Trinajstić information content (AvgIpc) is 2.58. The minimum atomic E-state index is 0.274. The van der Waals surface area contributed by atoms with Crippen LogP contribution in [0.15, 0.2) is 6.07 Å². The van der Waals surface area contributed by atoms with E-state index in [1.165, 1.54) is 0 Å². The fraction of sp³-hybridized carbons (Fsp3) is 0.545. The van der Waals surface area contributed by atoms with E-state index in [0.29, 0.717) is 10.2 Å². The van der Waals surface area contributed by atoms with E-state index in [1.54, 1.807) is 0 Å². The lowest BCUT2D eigenvalue weighted by Crippen LogP contribution is -2.26. The van der Waals surface area contributed by atoms with Crippen molar-refractivity contribution in [3.05, 3.63) is 27.5 Å². The van der Waals surface area contributed by atoms with E-state index in [-0.39, 0.29) is 6.04 Å². The maximum atomic E-state index is 6.17.